The molecular weight excluding hydrogens is 326 g/mol. The van der Waals surface area contributed by atoms with E-state index in [1.165, 1.54) is 4.90 Å². The molecule has 1 aliphatic heterocycles. The quantitative estimate of drug-likeness (QED) is 0.746. The first-order valence-corrected chi connectivity index (χ1v) is 9.06. The highest BCUT2D eigenvalue weighted by Gasteiger charge is 2.62. The second-order valence-corrected chi connectivity index (χ2v) is 7.67. The van der Waals surface area contributed by atoms with E-state index in [9.17, 15) is 14.4 Å². The van der Waals surface area contributed by atoms with Gasteiger partial charge in [0, 0.05) is 12.3 Å². The Bertz CT molecular complexity index is 993. The van der Waals surface area contributed by atoms with Crippen molar-refractivity contribution in [3.63, 3.8) is 0 Å². The highest BCUT2D eigenvalue weighted by atomic mass is 16.2. The molecule has 2 aromatic rings. The first-order valence-electron chi connectivity index (χ1n) is 9.06. The van der Waals surface area contributed by atoms with Crippen molar-refractivity contribution in [3.05, 3.63) is 64.7 Å². The summed E-state index contributed by atoms with van der Waals surface area (Å²) in [7, 11) is 0. The molecule has 4 aliphatic rings. The van der Waals surface area contributed by atoms with E-state index in [0.717, 1.165) is 22.3 Å². The highest BCUT2D eigenvalue weighted by molar-refractivity contribution is 6.25. The molecule has 1 heterocycles. The van der Waals surface area contributed by atoms with Crippen LogP contribution in [0.5, 0.6) is 0 Å². The Hall–Kier alpha value is -2.75. The van der Waals surface area contributed by atoms with E-state index >= 15 is 0 Å². The summed E-state index contributed by atoms with van der Waals surface area (Å²) >= 11 is 0. The molecule has 2 amide bonds. The van der Waals surface area contributed by atoms with Crippen molar-refractivity contribution in [2.75, 3.05) is 4.90 Å². The number of fused-ring (bicyclic) bond motifs is 1. The number of benzene rings is 2. The van der Waals surface area contributed by atoms with Gasteiger partial charge in [0.15, 0.2) is 0 Å². The maximum absolute atomic E-state index is 13.3. The minimum Gasteiger partial charge on any atom is -0.299 e. The van der Waals surface area contributed by atoms with Crippen molar-refractivity contribution in [3.8, 4) is 0 Å². The predicted octanol–water partition coefficient (Wildman–Crippen LogP) is 3.26. The molecule has 4 nitrogen and oxygen atoms in total. The number of rotatable bonds is 1. The SMILES string of the molecule is Cc1cccc(N2C(=O)[C@@H]3[C@@H](C2=O)[C@H]2C(=O)C[C@H]3c3ccccc32)c1C. The van der Waals surface area contributed by atoms with Gasteiger partial charge in [0.25, 0.3) is 0 Å². The van der Waals surface area contributed by atoms with Gasteiger partial charge in [-0.3, -0.25) is 14.4 Å². The Labute approximate surface area is 151 Å². The van der Waals surface area contributed by atoms with E-state index in [2.05, 4.69) is 0 Å². The van der Waals surface area contributed by atoms with Gasteiger partial charge in [-0.15, -0.1) is 0 Å². The van der Waals surface area contributed by atoms with Gasteiger partial charge in [0.05, 0.1) is 23.4 Å². The lowest BCUT2D eigenvalue weighted by atomic mass is 9.56. The Morgan fingerprint density at radius 1 is 0.846 bits per heavy atom. The minimum absolute atomic E-state index is 0.0962. The van der Waals surface area contributed by atoms with Gasteiger partial charge in [-0.1, -0.05) is 36.4 Å². The van der Waals surface area contributed by atoms with Crippen molar-refractivity contribution >= 4 is 23.3 Å². The van der Waals surface area contributed by atoms with Gasteiger partial charge in [-0.2, -0.15) is 0 Å². The molecular formula is C22H19NO3. The van der Waals surface area contributed by atoms with Crippen LogP contribution in [0.25, 0.3) is 0 Å². The van der Waals surface area contributed by atoms with Crippen LogP contribution >= 0.6 is 0 Å². The number of hydrogen-bond acceptors (Lipinski definition) is 3. The van der Waals surface area contributed by atoms with Crippen LogP contribution in [0, 0.1) is 25.7 Å². The van der Waals surface area contributed by atoms with E-state index in [0.29, 0.717) is 12.1 Å². The summed E-state index contributed by atoms with van der Waals surface area (Å²) in [5, 5.41) is 0. The van der Waals surface area contributed by atoms with Crippen LogP contribution < -0.4 is 4.90 Å². The highest BCUT2D eigenvalue weighted by Crippen LogP contribution is 2.57. The number of imide groups is 1. The van der Waals surface area contributed by atoms with Crippen LogP contribution in [-0.2, 0) is 14.4 Å². The molecule has 4 atom stereocenters. The largest absolute Gasteiger partial charge is 0.299 e. The molecule has 3 aliphatic carbocycles. The predicted molar refractivity (Wildman–Crippen MR) is 96.9 cm³/mol. The van der Waals surface area contributed by atoms with Crippen molar-refractivity contribution in [2.45, 2.75) is 32.1 Å². The fourth-order valence-electron chi connectivity index (χ4n) is 5.17. The number of ketones is 1. The van der Waals surface area contributed by atoms with Crippen LogP contribution in [0.4, 0.5) is 5.69 Å². The normalized spacial score (nSPS) is 29.2. The molecule has 130 valence electrons. The lowest BCUT2D eigenvalue weighted by molar-refractivity contribution is -0.134. The molecule has 2 fully saturated rings. The molecule has 26 heavy (non-hydrogen) atoms. The van der Waals surface area contributed by atoms with Crippen LogP contribution in [0.1, 0.15) is 40.5 Å². The van der Waals surface area contributed by atoms with Gasteiger partial charge in [0.2, 0.25) is 11.8 Å². The number of amides is 2. The minimum atomic E-state index is -0.552. The fraction of sp³-hybridized carbons (Fsp3) is 0.318. The average molecular weight is 345 g/mol. The van der Waals surface area contributed by atoms with E-state index < -0.39 is 17.8 Å². The van der Waals surface area contributed by atoms with E-state index in [1.54, 1.807) is 0 Å². The topological polar surface area (TPSA) is 54.5 Å². The molecule has 0 unspecified atom stereocenters. The Morgan fingerprint density at radius 2 is 1.54 bits per heavy atom. The number of anilines is 1. The molecule has 6 rings (SSSR count). The van der Waals surface area contributed by atoms with Crippen LogP contribution in [-0.4, -0.2) is 17.6 Å². The number of hydrogen-bond donors (Lipinski definition) is 0. The Kier molecular flexibility index (Phi) is 3.06. The zero-order valence-corrected chi connectivity index (χ0v) is 14.7. The van der Waals surface area contributed by atoms with Crippen molar-refractivity contribution in [1.29, 1.82) is 0 Å². The fourth-order valence-corrected chi connectivity index (χ4v) is 5.17. The number of carbonyl (C=O) groups excluding carboxylic acids is 3. The standard InChI is InChI=1S/C22H19NO3/c1-11-6-5-9-16(12(11)2)23-21(25)19-15-10-17(24)18(20(19)22(23)26)14-8-4-3-7-13(14)15/h3-9,15,18-20H,10H2,1-2H3/t15-,18+,19-,20-/m0/s1. The molecule has 4 heteroatoms. The number of aryl methyl sites for hydroxylation is 1. The molecule has 2 bridgehead atoms. The third-order valence-electron chi connectivity index (χ3n) is 6.51. The summed E-state index contributed by atoms with van der Waals surface area (Å²) in [5.74, 6) is -1.90. The van der Waals surface area contributed by atoms with Crippen molar-refractivity contribution < 1.29 is 14.4 Å². The summed E-state index contributed by atoms with van der Waals surface area (Å²) in [4.78, 5) is 40.7. The summed E-state index contributed by atoms with van der Waals surface area (Å²) in [6.07, 6.45) is 0.364. The maximum Gasteiger partial charge on any atom is 0.238 e. The third kappa shape index (κ3) is 1.77. The molecule has 0 N–H and O–H groups in total. The first kappa shape index (κ1) is 15.5. The van der Waals surface area contributed by atoms with Gasteiger partial charge in [-0.25, -0.2) is 4.90 Å². The Balaban J connectivity index is 1.68. The summed E-state index contributed by atoms with van der Waals surface area (Å²) in [6, 6.07) is 13.5. The van der Waals surface area contributed by atoms with Gasteiger partial charge in [-0.05, 0) is 42.2 Å². The second-order valence-electron chi connectivity index (χ2n) is 7.67. The van der Waals surface area contributed by atoms with E-state index in [4.69, 9.17) is 0 Å². The molecule has 0 aromatic heterocycles. The van der Waals surface area contributed by atoms with Crippen molar-refractivity contribution in [1.82, 2.24) is 0 Å². The zero-order valence-electron chi connectivity index (χ0n) is 14.7. The van der Waals surface area contributed by atoms with E-state index in [-0.39, 0.29) is 23.5 Å². The molecule has 0 radical (unpaired) electrons. The second kappa shape index (κ2) is 5.13. The molecule has 0 spiro atoms. The lowest BCUT2D eigenvalue weighted by Crippen LogP contribution is -2.44. The zero-order chi connectivity index (χ0) is 18.2. The van der Waals surface area contributed by atoms with Crippen molar-refractivity contribution in [2.24, 2.45) is 11.8 Å². The Morgan fingerprint density at radius 3 is 2.31 bits per heavy atom. The maximum atomic E-state index is 13.3. The third-order valence-corrected chi connectivity index (χ3v) is 6.51. The van der Waals surface area contributed by atoms with Gasteiger partial charge in [0.1, 0.15) is 5.78 Å². The number of carbonyl (C=O) groups is 3. The van der Waals surface area contributed by atoms with Crippen LogP contribution in [0.3, 0.4) is 0 Å². The summed E-state index contributed by atoms with van der Waals surface area (Å²) < 4.78 is 0. The average Bonchev–Trinajstić information content (AvgIpc) is 2.90. The molecule has 1 saturated heterocycles. The lowest BCUT2D eigenvalue weighted by Gasteiger charge is -2.43. The van der Waals surface area contributed by atoms with E-state index in [1.807, 2.05) is 56.3 Å². The smallest absolute Gasteiger partial charge is 0.238 e. The van der Waals surface area contributed by atoms with Crippen LogP contribution in [0.15, 0.2) is 42.5 Å². The van der Waals surface area contributed by atoms with Gasteiger partial charge < -0.3 is 0 Å². The van der Waals surface area contributed by atoms with Gasteiger partial charge >= 0.3 is 0 Å². The summed E-state index contributed by atoms with van der Waals surface area (Å²) in [6.45, 7) is 3.90. The monoisotopic (exact) mass is 345 g/mol. The van der Waals surface area contributed by atoms with Crippen LogP contribution in [0.2, 0.25) is 0 Å². The number of nitrogens with zero attached hydrogens (tertiary/aromatic N) is 1. The molecule has 2 aromatic carbocycles. The number of Topliss-reactive ketones (excluding diaryl/α,β-unsaturated/α-hetero) is 1. The molecule has 1 saturated carbocycles. The first-order chi connectivity index (χ1) is 12.5. The summed E-state index contributed by atoms with van der Waals surface area (Å²) in [5.41, 5.74) is 4.65.